The Hall–Kier alpha value is -1.67. The molecule has 2 heteroatoms. The second kappa shape index (κ2) is 5.76. The molecule has 0 radical (unpaired) electrons. The Kier molecular flexibility index (Phi) is 3.83. The van der Waals surface area contributed by atoms with Crippen LogP contribution in [0.2, 0.25) is 0 Å². The van der Waals surface area contributed by atoms with E-state index in [1.54, 1.807) is 0 Å². The van der Waals surface area contributed by atoms with Crippen molar-refractivity contribution < 1.29 is 4.39 Å². The molecule has 1 unspecified atom stereocenters. The normalized spacial score (nSPS) is 17.7. The van der Waals surface area contributed by atoms with Gasteiger partial charge in [-0.15, -0.1) is 0 Å². The van der Waals surface area contributed by atoms with Crippen molar-refractivity contribution in [1.29, 1.82) is 0 Å². The SMILES string of the molecule is C[C@H](NC(c1ccccc1)C1CC1)c1ccc(F)cc1. The van der Waals surface area contributed by atoms with E-state index in [1.165, 1.54) is 30.5 Å². The minimum absolute atomic E-state index is 0.178. The van der Waals surface area contributed by atoms with Gasteiger partial charge in [0.15, 0.2) is 0 Å². The van der Waals surface area contributed by atoms with E-state index in [2.05, 4.69) is 42.6 Å². The van der Waals surface area contributed by atoms with E-state index in [9.17, 15) is 4.39 Å². The molecule has 2 atom stereocenters. The number of benzene rings is 2. The van der Waals surface area contributed by atoms with Gasteiger partial charge in [-0.25, -0.2) is 4.39 Å². The average Bonchev–Trinajstić information content (AvgIpc) is 3.31. The highest BCUT2D eigenvalue weighted by molar-refractivity contribution is 5.24. The lowest BCUT2D eigenvalue weighted by molar-refractivity contribution is 0.427. The van der Waals surface area contributed by atoms with Crippen LogP contribution < -0.4 is 5.32 Å². The highest BCUT2D eigenvalue weighted by atomic mass is 19.1. The Balaban J connectivity index is 1.75. The first-order valence-electron chi connectivity index (χ1n) is 7.30. The highest BCUT2D eigenvalue weighted by Crippen LogP contribution is 2.42. The van der Waals surface area contributed by atoms with Gasteiger partial charge in [-0.1, -0.05) is 42.5 Å². The molecule has 1 fully saturated rings. The van der Waals surface area contributed by atoms with Crippen LogP contribution in [0.4, 0.5) is 4.39 Å². The summed E-state index contributed by atoms with van der Waals surface area (Å²) in [4.78, 5) is 0. The van der Waals surface area contributed by atoms with E-state index in [-0.39, 0.29) is 11.9 Å². The lowest BCUT2D eigenvalue weighted by Gasteiger charge is -2.24. The Morgan fingerprint density at radius 1 is 0.950 bits per heavy atom. The number of nitrogens with one attached hydrogen (secondary N) is 1. The third-order valence-electron chi connectivity index (χ3n) is 4.05. The molecular weight excluding hydrogens is 249 g/mol. The summed E-state index contributed by atoms with van der Waals surface area (Å²) in [5.41, 5.74) is 2.48. The predicted octanol–water partition coefficient (Wildman–Crippen LogP) is 4.63. The Labute approximate surface area is 119 Å². The summed E-state index contributed by atoms with van der Waals surface area (Å²) in [5.74, 6) is 0.558. The van der Waals surface area contributed by atoms with Gasteiger partial charge in [0.1, 0.15) is 5.82 Å². The molecule has 1 saturated carbocycles. The highest BCUT2D eigenvalue weighted by Gasteiger charge is 2.32. The molecule has 20 heavy (non-hydrogen) atoms. The third-order valence-corrected chi connectivity index (χ3v) is 4.05. The van der Waals surface area contributed by atoms with Gasteiger partial charge >= 0.3 is 0 Å². The van der Waals surface area contributed by atoms with Crippen molar-refractivity contribution >= 4 is 0 Å². The Morgan fingerprint density at radius 3 is 2.20 bits per heavy atom. The van der Waals surface area contributed by atoms with Gasteiger partial charge in [-0.05, 0) is 48.9 Å². The summed E-state index contributed by atoms with van der Waals surface area (Å²) in [6.07, 6.45) is 2.59. The fourth-order valence-electron chi connectivity index (χ4n) is 2.71. The van der Waals surface area contributed by atoms with Gasteiger partial charge in [0.05, 0.1) is 0 Å². The second-order valence-electron chi connectivity index (χ2n) is 5.67. The average molecular weight is 269 g/mol. The summed E-state index contributed by atoms with van der Waals surface area (Å²) in [6.45, 7) is 2.14. The van der Waals surface area contributed by atoms with Crippen LogP contribution in [0.3, 0.4) is 0 Å². The first-order chi connectivity index (χ1) is 9.74. The molecule has 0 aliphatic heterocycles. The van der Waals surface area contributed by atoms with Crippen molar-refractivity contribution in [3.63, 3.8) is 0 Å². The third kappa shape index (κ3) is 3.07. The van der Waals surface area contributed by atoms with Gasteiger partial charge in [-0.2, -0.15) is 0 Å². The minimum atomic E-state index is -0.178. The molecule has 0 bridgehead atoms. The standard InChI is InChI=1S/C18H20FN/c1-13(14-9-11-17(19)12-10-14)20-18(16-7-8-16)15-5-3-2-4-6-15/h2-6,9-13,16,18,20H,7-8H2,1H3/t13-,18?/m0/s1. The smallest absolute Gasteiger partial charge is 0.123 e. The predicted molar refractivity (Wildman–Crippen MR) is 79.9 cm³/mol. The zero-order chi connectivity index (χ0) is 13.9. The first-order valence-corrected chi connectivity index (χ1v) is 7.30. The maximum absolute atomic E-state index is 13.0. The van der Waals surface area contributed by atoms with E-state index >= 15 is 0 Å². The minimum Gasteiger partial charge on any atom is -0.303 e. The molecule has 0 saturated heterocycles. The molecule has 1 aliphatic carbocycles. The number of hydrogen-bond donors (Lipinski definition) is 1. The maximum Gasteiger partial charge on any atom is 0.123 e. The van der Waals surface area contributed by atoms with Crippen LogP contribution in [0.15, 0.2) is 54.6 Å². The topological polar surface area (TPSA) is 12.0 Å². The molecule has 2 aromatic rings. The maximum atomic E-state index is 13.0. The summed E-state index contributed by atoms with van der Waals surface area (Å²) in [5, 5.41) is 3.71. The van der Waals surface area contributed by atoms with E-state index in [0.717, 1.165) is 11.5 Å². The van der Waals surface area contributed by atoms with Crippen molar-refractivity contribution in [3.8, 4) is 0 Å². The van der Waals surface area contributed by atoms with Crippen LogP contribution in [0.25, 0.3) is 0 Å². The number of halogens is 1. The lowest BCUT2D eigenvalue weighted by Crippen LogP contribution is -2.26. The van der Waals surface area contributed by atoms with Crippen molar-refractivity contribution in [3.05, 3.63) is 71.5 Å². The Bertz CT molecular complexity index is 545. The quantitative estimate of drug-likeness (QED) is 0.834. The van der Waals surface area contributed by atoms with Gasteiger partial charge < -0.3 is 5.32 Å². The second-order valence-corrected chi connectivity index (χ2v) is 5.67. The Morgan fingerprint density at radius 2 is 1.60 bits per heavy atom. The fourth-order valence-corrected chi connectivity index (χ4v) is 2.71. The molecule has 1 aliphatic rings. The van der Waals surface area contributed by atoms with Gasteiger partial charge in [-0.3, -0.25) is 0 Å². The van der Waals surface area contributed by atoms with Crippen LogP contribution >= 0.6 is 0 Å². The van der Waals surface area contributed by atoms with Gasteiger partial charge in [0.2, 0.25) is 0 Å². The number of rotatable bonds is 5. The van der Waals surface area contributed by atoms with Crippen molar-refractivity contribution in [2.45, 2.75) is 31.8 Å². The molecule has 1 nitrogen and oxygen atoms in total. The van der Waals surface area contributed by atoms with Crippen LogP contribution in [-0.2, 0) is 0 Å². The molecule has 2 aromatic carbocycles. The van der Waals surface area contributed by atoms with E-state index < -0.39 is 0 Å². The van der Waals surface area contributed by atoms with Crippen LogP contribution in [-0.4, -0.2) is 0 Å². The molecular formula is C18H20FN. The zero-order valence-corrected chi connectivity index (χ0v) is 11.7. The molecule has 0 amide bonds. The number of hydrogen-bond acceptors (Lipinski definition) is 1. The summed E-state index contributed by atoms with van der Waals surface area (Å²) < 4.78 is 13.0. The molecule has 1 N–H and O–H groups in total. The van der Waals surface area contributed by atoms with Gasteiger partial charge in [0.25, 0.3) is 0 Å². The van der Waals surface area contributed by atoms with E-state index in [1.807, 2.05) is 12.1 Å². The molecule has 104 valence electrons. The summed E-state index contributed by atoms with van der Waals surface area (Å²) >= 11 is 0. The largest absolute Gasteiger partial charge is 0.303 e. The lowest BCUT2D eigenvalue weighted by atomic mass is 9.99. The molecule has 3 rings (SSSR count). The van der Waals surface area contributed by atoms with Crippen molar-refractivity contribution in [2.24, 2.45) is 5.92 Å². The van der Waals surface area contributed by atoms with Crippen LogP contribution in [0.1, 0.15) is 43.0 Å². The zero-order valence-electron chi connectivity index (χ0n) is 11.7. The monoisotopic (exact) mass is 269 g/mol. The summed E-state index contributed by atoms with van der Waals surface area (Å²) in [6, 6.07) is 18.0. The molecule has 0 aromatic heterocycles. The van der Waals surface area contributed by atoms with Crippen LogP contribution in [0.5, 0.6) is 0 Å². The first kappa shape index (κ1) is 13.3. The van der Waals surface area contributed by atoms with E-state index in [0.29, 0.717) is 6.04 Å². The van der Waals surface area contributed by atoms with Crippen molar-refractivity contribution in [1.82, 2.24) is 5.32 Å². The van der Waals surface area contributed by atoms with E-state index in [4.69, 9.17) is 0 Å². The molecule has 0 heterocycles. The summed E-state index contributed by atoms with van der Waals surface area (Å²) in [7, 11) is 0. The fraction of sp³-hybridized carbons (Fsp3) is 0.333. The van der Waals surface area contributed by atoms with Gasteiger partial charge in [0, 0.05) is 12.1 Å². The van der Waals surface area contributed by atoms with Crippen molar-refractivity contribution in [2.75, 3.05) is 0 Å². The molecule has 0 spiro atoms. The van der Waals surface area contributed by atoms with Crippen LogP contribution in [0, 0.1) is 11.7 Å².